The van der Waals surface area contributed by atoms with E-state index in [9.17, 15) is 24.3 Å². The Morgan fingerprint density at radius 2 is 1.95 bits per heavy atom. The average Bonchev–Trinajstić information content (AvgIpc) is 2.41. The van der Waals surface area contributed by atoms with Crippen molar-refractivity contribution < 1.29 is 29.4 Å². The normalized spacial score (nSPS) is 23.2. The van der Waals surface area contributed by atoms with Gasteiger partial charge in [0.05, 0.1) is 0 Å². The molecule has 4 N–H and O–H groups in total. The summed E-state index contributed by atoms with van der Waals surface area (Å²) < 4.78 is 0. The maximum atomic E-state index is 12.2. The maximum absolute atomic E-state index is 12.2. The van der Waals surface area contributed by atoms with Gasteiger partial charge in [0.1, 0.15) is 18.6 Å². The summed E-state index contributed by atoms with van der Waals surface area (Å²) in [6, 6.07) is -1.98. The van der Waals surface area contributed by atoms with Crippen LogP contribution in [0.3, 0.4) is 0 Å². The molecule has 1 fully saturated rings. The lowest BCUT2D eigenvalue weighted by Crippen LogP contribution is -2.67. The first-order valence-corrected chi connectivity index (χ1v) is 6.95. The third-order valence-electron chi connectivity index (χ3n) is 3.23. The highest BCUT2D eigenvalue weighted by Crippen LogP contribution is 2.18. The molecule has 0 aromatic rings. The zero-order valence-corrected chi connectivity index (χ0v) is 12.7. The van der Waals surface area contributed by atoms with Crippen molar-refractivity contribution in [1.29, 1.82) is 0 Å². The van der Waals surface area contributed by atoms with Crippen molar-refractivity contribution in [3.05, 3.63) is 0 Å². The summed E-state index contributed by atoms with van der Waals surface area (Å²) in [5.41, 5.74) is 0. The Kier molecular flexibility index (Phi) is 5.86. The third-order valence-corrected chi connectivity index (χ3v) is 3.23. The number of carbonyl (C=O) groups excluding carboxylic acids is 3. The molecule has 0 radical (unpaired) electrons. The lowest BCUT2D eigenvalue weighted by atomic mass is 9.99. The van der Waals surface area contributed by atoms with Crippen molar-refractivity contribution >= 4 is 23.7 Å². The molecule has 9 nitrogen and oxygen atoms in total. The van der Waals surface area contributed by atoms with Gasteiger partial charge in [0, 0.05) is 0 Å². The number of hydrogen-bond acceptors (Lipinski definition) is 5. The van der Waals surface area contributed by atoms with Gasteiger partial charge in [-0.25, -0.2) is 0 Å². The summed E-state index contributed by atoms with van der Waals surface area (Å²) in [6.07, 6.45) is -1.59. The number of carboxylic acids is 1. The van der Waals surface area contributed by atoms with Gasteiger partial charge in [0.2, 0.25) is 18.0 Å². The monoisotopic (exact) mass is 315 g/mol. The second-order valence-corrected chi connectivity index (χ2v) is 5.61. The van der Waals surface area contributed by atoms with Gasteiger partial charge in [-0.05, 0) is 19.3 Å². The van der Waals surface area contributed by atoms with Crippen molar-refractivity contribution in [2.45, 2.75) is 45.5 Å². The SMILES string of the molecule is CC(C)C[C@@H](C(=O)NCC(=O)O)N1C(=O)[C@H](C)NC(=O)C1O. The molecule has 9 heteroatoms. The fourth-order valence-electron chi connectivity index (χ4n) is 2.22. The van der Waals surface area contributed by atoms with Crippen LogP contribution in [0.15, 0.2) is 0 Å². The molecular weight excluding hydrogens is 294 g/mol. The van der Waals surface area contributed by atoms with Crippen LogP contribution in [-0.2, 0) is 19.2 Å². The minimum absolute atomic E-state index is 0.0131. The van der Waals surface area contributed by atoms with Crippen LogP contribution in [0.2, 0.25) is 0 Å². The lowest BCUT2D eigenvalue weighted by molar-refractivity contribution is -0.169. The highest BCUT2D eigenvalue weighted by Gasteiger charge is 2.43. The summed E-state index contributed by atoms with van der Waals surface area (Å²) in [5.74, 6) is -3.32. The molecule has 1 saturated heterocycles. The average molecular weight is 315 g/mol. The van der Waals surface area contributed by atoms with Crippen LogP contribution in [0.1, 0.15) is 27.2 Å². The Bertz CT molecular complexity index is 478. The van der Waals surface area contributed by atoms with Crippen molar-refractivity contribution in [1.82, 2.24) is 15.5 Å². The van der Waals surface area contributed by atoms with E-state index in [0.717, 1.165) is 4.90 Å². The predicted molar refractivity (Wildman–Crippen MR) is 74.3 cm³/mol. The molecule has 1 aliphatic rings. The van der Waals surface area contributed by atoms with E-state index in [1.807, 2.05) is 13.8 Å². The van der Waals surface area contributed by atoms with Crippen LogP contribution >= 0.6 is 0 Å². The van der Waals surface area contributed by atoms with Crippen LogP contribution in [0, 0.1) is 5.92 Å². The second kappa shape index (κ2) is 7.21. The molecule has 0 aliphatic carbocycles. The van der Waals surface area contributed by atoms with Crippen LogP contribution in [0.4, 0.5) is 0 Å². The standard InChI is InChI=1S/C13H21N3O6/c1-6(2)4-8(10(19)14-5-9(17)18)16-12(21)7(3)15-11(20)13(16)22/h6-8,13,22H,4-5H2,1-3H3,(H,14,19)(H,15,20)(H,17,18)/t7-,8-,13?/m0/s1. The fourth-order valence-corrected chi connectivity index (χ4v) is 2.22. The number of aliphatic carboxylic acids is 1. The minimum atomic E-state index is -1.77. The summed E-state index contributed by atoms with van der Waals surface area (Å²) in [7, 11) is 0. The van der Waals surface area contributed by atoms with Gasteiger partial charge < -0.3 is 20.8 Å². The van der Waals surface area contributed by atoms with Crippen LogP contribution < -0.4 is 10.6 Å². The minimum Gasteiger partial charge on any atom is -0.480 e. The zero-order valence-electron chi connectivity index (χ0n) is 12.7. The first-order chi connectivity index (χ1) is 10.1. The Balaban J connectivity index is 3.02. The first-order valence-electron chi connectivity index (χ1n) is 6.95. The van der Waals surface area contributed by atoms with Gasteiger partial charge in [-0.15, -0.1) is 0 Å². The summed E-state index contributed by atoms with van der Waals surface area (Å²) >= 11 is 0. The number of nitrogens with zero attached hydrogens (tertiary/aromatic N) is 1. The van der Waals surface area contributed by atoms with Crippen LogP contribution in [0.5, 0.6) is 0 Å². The number of carbonyl (C=O) groups is 4. The van der Waals surface area contributed by atoms with E-state index < -0.39 is 48.5 Å². The largest absolute Gasteiger partial charge is 0.480 e. The van der Waals surface area contributed by atoms with Crippen molar-refractivity contribution in [3.63, 3.8) is 0 Å². The Labute approximate surface area is 127 Å². The number of amides is 3. The lowest BCUT2D eigenvalue weighted by Gasteiger charge is -2.39. The highest BCUT2D eigenvalue weighted by atomic mass is 16.4. The molecule has 3 atom stereocenters. The van der Waals surface area contributed by atoms with E-state index in [1.54, 1.807) is 0 Å². The zero-order chi connectivity index (χ0) is 17.0. The molecule has 1 heterocycles. The summed E-state index contributed by atoms with van der Waals surface area (Å²) in [4.78, 5) is 47.4. The number of aliphatic hydroxyl groups is 1. The van der Waals surface area contributed by atoms with E-state index in [-0.39, 0.29) is 12.3 Å². The first kappa shape index (κ1) is 17.9. The topological polar surface area (TPSA) is 136 Å². The van der Waals surface area contributed by atoms with Gasteiger partial charge in [0.15, 0.2) is 0 Å². The van der Waals surface area contributed by atoms with E-state index in [2.05, 4.69) is 10.6 Å². The number of carboxylic acid groups (broad SMARTS) is 1. The molecular formula is C13H21N3O6. The molecule has 0 spiro atoms. The third kappa shape index (κ3) is 4.17. The van der Waals surface area contributed by atoms with Gasteiger partial charge in [-0.1, -0.05) is 13.8 Å². The van der Waals surface area contributed by atoms with E-state index in [0.29, 0.717) is 0 Å². The number of piperazine rings is 1. The van der Waals surface area contributed by atoms with Crippen molar-refractivity contribution in [2.75, 3.05) is 6.54 Å². The Hall–Kier alpha value is -2.16. The second-order valence-electron chi connectivity index (χ2n) is 5.61. The highest BCUT2D eigenvalue weighted by molar-refractivity contribution is 5.99. The molecule has 1 unspecified atom stereocenters. The van der Waals surface area contributed by atoms with Gasteiger partial charge >= 0.3 is 5.97 Å². The number of nitrogens with one attached hydrogen (secondary N) is 2. The molecule has 0 bridgehead atoms. The number of rotatable bonds is 6. The Morgan fingerprint density at radius 3 is 2.45 bits per heavy atom. The molecule has 22 heavy (non-hydrogen) atoms. The summed E-state index contributed by atoms with van der Waals surface area (Å²) in [5, 5.41) is 23.0. The van der Waals surface area contributed by atoms with Crippen molar-refractivity contribution in [2.24, 2.45) is 5.92 Å². The van der Waals surface area contributed by atoms with Gasteiger partial charge in [0.25, 0.3) is 5.91 Å². The smallest absolute Gasteiger partial charge is 0.322 e. The quantitative estimate of drug-likeness (QED) is 0.460. The van der Waals surface area contributed by atoms with Crippen LogP contribution in [0.25, 0.3) is 0 Å². The molecule has 3 amide bonds. The van der Waals surface area contributed by atoms with Gasteiger partial charge in [-0.2, -0.15) is 0 Å². The maximum Gasteiger partial charge on any atom is 0.322 e. The van der Waals surface area contributed by atoms with Gasteiger partial charge in [-0.3, -0.25) is 24.1 Å². The molecule has 124 valence electrons. The van der Waals surface area contributed by atoms with Crippen molar-refractivity contribution in [3.8, 4) is 0 Å². The van der Waals surface area contributed by atoms with E-state index in [4.69, 9.17) is 5.11 Å². The van der Waals surface area contributed by atoms with E-state index in [1.165, 1.54) is 6.92 Å². The predicted octanol–water partition coefficient (Wildman–Crippen LogP) is -1.73. The Morgan fingerprint density at radius 1 is 1.36 bits per heavy atom. The fraction of sp³-hybridized carbons (Fsp3) is 0.692. The molecule has 1 aliphatic heterocycles. The molecule has 0 aromatic heterocycles. The number of hydrogen-bond donors (Lipinski definition) is 4. The molecule has 1 rings (SSSR count). The molecule has 0 saturated carbocycles. The molecule has 0 aromatic carbocycles. The summed E-state index contributed by atoms with van der Waals surface area (Å²) in [6.45, 7) is 4.46. The van der Waals surface area contributed by atoms with E-state index >= 15 is 0 Å². The van der Waals surface area contributed by atoms with Crippen LogP contribution in [-0.4, -0.2) is 63.7 Å². The number of aliphatic hydroxyl groups excluding tert-OH is 1.